The van der Waals surface area contributed by atoms with Gasteiger partial charge in [0.15, 0.2) is 0 Å². The number of likely N-dealkylation sites (tertiary alicyclic amines) is 2. The third kappa shape index (κ3) is 7.45. The van der Waals surface area contributed by atoms with Crippen LogP contribution in [0.25, 0.3) is 0 Å². The second kappa shape index (κ2) is 13.9. The second-order valence-corrected chi connectivity index (χ2v) is 18.0. The van der Waals surface area contributed by atoms with Crippen molar-refractivity contribution in [3.8, 4) is 0 Å². The van der Waals surface area contributed by atoms with E-state index in [4.69, 9.17) is 9.47 Å². The number of benzene rings is 1. The largest absolute Gasteiger partial charge is 0.459 e. The summed E-state index contributed by atoms with van der Waals surface area (Å²) in [7, 11) is 3.96. The maximum absolute atomic E-state index is 13.7. The molecule has 0 radical (unpaired) electrons. The van der Waals surface area contributed by atoms with Gasteiger partial charge in [-0.05, 0) is 107 Å². The minimum atomic E-state index is -1.42. The summed E-state index contributed by atoms with van der Waals surface area (Å²) >= 11 is 0. The number of nitrogens with one attached hydrogen (secondary N) is 2. The molecule has 54 heavy (non-hydrogen) atoms. The molecule has 0 saturated carbocycles. The van der Waals surface area contributed by atoms with Gasteiger partial charge in [0.25, 0.3) is 11.8 Å². The van der Waals surface area contributed by atoms with Crippen molar-refractivity contribution < 1.29 is 48.5 Å². The van der Waals surface area contributed by atoms with Crippen molar-refractivity contribution in [1.82, 2.24) is 30.2 Å². The summed E-state index contributed by atoms with van der Waals surface area (Å²) < 4.78 is 10.6. The highest BCUT2D eigenvalue weighted by Crippen LogP contribution is 2.46. The fourth-order valence-electron chi connectivity index (χ4n) is 9.22. The van der Waals surface area contributed by atoms with Crippen molar-refractivity contribution in [2.24, 2.45) is 0 Å². The molecule has 2 spiro atoms. The highest BCUT2D eigenvalue weighted by Gasteiger charge is 2.62. The molecule has 4 fully saturated rings. The lowest BCUT2D eigenvalue weighted by Crippen LogP contribution is -2.68. The number of piperidine rings is 2. The quantitative estimate of drug-likeness (QED) is 0.200. The Kier molecular flexibility index (Phi) is 10.5. The number of amides is 6. The molecular weight excluding hydrogens is 700 g/mol. The van der Waals surface area contributed by atoms with Gasteiger partial charge in [0.1, 0.15) is 36.5 Å². The molecule has 4 aliphatic rings. The van der Waals surface area contributed by atoms with E-state index in [-0.39, 0.29) is 11.1 Å². The minimum absolute atomic E-state index is 0.183. The van der Waals surface area contributed by atoms with E-state index in [9.17, 15) is 39.0 Å². The number of rotatable bonds is 10. The van der Waals surface area contributed by atoms with E-state index in [1.165, 1.54) is 24.3 Å². The third-order valence-electron chi connectivity index (χ3n) is 12.0. The maximum atomic E-state index is 13.7. The van der Waals surface area contributed by atoms with Crippen molar-refractivity contribution in [1.29, 1.82) is 0 Å². The lowest BCUT2D eigenvalue weighted by molar-refractivity contribution is -0.140. The zero-order chi connectivity index (χ0) is 40.4. The Morgan fingerprint density at radius 1 is 0.630 bits per heavy atom. The number of imide groups is 2. The van der Waals surface area contributed by atoms with Crippen LogP contribution in [0, 0.1) is 0 Å². The first-order valence-electron chi connectivity index (χ1n) is 18.3. The zero-order valence-electron chi connectivity index (χ0n) is 33.1. The number of nitrogens with zero attached hydrogens (tertiary/aromatic N) is 4. The number of hydrogen-bond donors (Lipinski definition) is 4. The van der Waals surface area contributed by atoms with Crippen LogP contribution in [0.1, 0.15) is 102 Å². The van der Waals surface area contributed by atoms with Crippen molar-refractivity contribution >= 4 is 35.8 Å². The average Bonchev–Trinajstić information content (AvgIpc) is 3.40. The third-order valence-corrected chi connectivity index (χ3v) is 12.0. The van der Waals surface area contributed by atoms with E-state index in [0.717, 1.165) is 9.80 Å². The first-order chi connectivity index (χ1) is 24.8. The van der Waals surface area contributed by atoms with Gasteiger partial charge in [-0.15, -0.1) is 0 Å². The summed E-state index contributed by atoms with van der Waals surface area (Å²) in [5.41, 5.74) is -4.27. The molecule has 1 aromatic rings. The van der Waals surface area contributed by atoms with Crippen molar-refractivity contribution in [3.05, 3.63) is 35.4 Å². The molecule has 4 heterocycles. The van der Waals surface area contributed by atoms with E-state index in [1.54, 1.807) is 0 Å². The summed E-state index contributed by atoms with van der Waals surface area (Å²) in [6.07, 6.45) is -1.35. The second-order valence-electron chi connectivity index (χ2n) is 18.0. The molecule has 6 amide bonds. The molecule has 0 aromatic heterocycles. The summed E-state index contributed by atoms with van der Waals surface area (Å²) in [5, 5.41) is 27.2. The highest BCUT2D eigenvalue weighted by molar-refractivity contribution is 6.08. The number of hydrogen-bond acceptors (Lipinski definition) is 12. The number of carbonyl (C=O) groups is 6. The molecule has 4 N–H and O–H groups in total. The van der Waals surface area contributed by atoms with Crippen LogP contribution in [-0.4, -0.2) is 151 Å². The molecule has 16 heteroatoms. The normalized spacial score (nSPS) is 25.0. The molecule has 0 bridgehead atoms. The van der Waals surface area contributed by atoms with E-state index < -0.39 is 108 Å². The number of ether oxygens (including phenoxy) is 2. The van der Waals surface area contributed by atoms with Gasteiger partial charge >= 0.3 is 24.0 Å². The first-order valence-corrected chi connectivity index (χ1v) is 18.3. The van der Waals surface area contributed by atoms with Crippen molar-refractivity contribution in [2.75, 3.05) is 40.4 Å². The fraction of sp³-hybridized carbons (Fsp3) is 0.684. The Morgan fingerprint density at radius 2 is 0.926 bits per heavy atom. The molecule has 4 saturated heterocycles. The summed E-state index contributed by atoms with van der Waals surface area (Å²) in [6, 6.07) is 4.36. The van der Waals surface area contributed by atoms with E-state index in [2.05, 4.69) is 20.4 Å². The van der Waals surface area contributed by atoms with Crippen LogP contribution in [0.4, 0.5) is 9.59 Å². The average molecular weight is 757 g/mol. The van der Waals surface area contributed by atoms with Crippen LogP contribution in [-0.2, 0) is 19.1 Å². The number of carbonyl (C=O) groups excluding carboxylic acids is 6. The number of β-amino-alcohol motifs (C(OH)–C–C–N with tert-alkyl or cyclic N) is 2. The minimum Gasteiger partial charge on any atom is -0.459 e. The summed E-state index contributed by atoms with van der Waals surface area (Å²) in [4.78, 5) is 85.8. The van der Waals surface area contributed by atoms with Gasteiger partial charge in [-0.2, -0.15) is 0 Å². The summed E-state index contributed by atoms with van der Waals surface area (Å²) in [6.45, 7) is 14.0. The fourth-order valence-corrected chi connectivity index (χ4v) is 9.22. The van der Waals surface area contributed by atoms with E-state index in [0.29, 0.717) is 25.7 Å². The summed E-state index contributed by atoms with van der Waals surface area (Å²) in [5.74, 6) is -2.84. The lowest BCUT2D eigenvalue weighted by atomic mass is 9.69. The van der Waals surface area contributed by atoms with Gasteiger partial charge in [0, 0.05) is 22.2 Å². The molecular formula is C38H56N6O10. The van der Waals surface area contributed by atoms with Crippen molar-refractivity contribution in [2.45, 2.75) is 127 Å². The molecule has 5 rings (SSSR count). The molecule has 16 nitrogen and oxygen atoms in total. The number of esters is 2. The Balaban J connectivity index is 1.15. The van der Waals surface area contributed by atoms with Gasteiger partial charge in [0.05, 0.1) is 24.2 Å². The van der Waals surface area contributed by atoms with Crippen LogP contribution in [0.5, 0.6) is 0 Å². The molecule has 4 aliphatic heterocycles. The number of urea groups is 2. The molecule has 2 atom stereocenters. The van der Waals surface area contributed by atoms with E-state index in [1.807, 2.05) is 69.5 Å². The predicted molar refractivity (Wildman–Crippen MR) is 195 cm³/mol. The number of aliphatic hydroxyl groups is 2. The monoisotopic (exact) mass is 756 g/mol. The molecule has 2 unspecified atom stereocenters. The number of aliphatic hydroxyl groups excluding tert-OH is 2. The van der Waals surface area contributed by atoms with Crippen LogP contribution in [0.2, 0.25) is 0 Å². The van der Waals surface area contributed by atoms with Gasteiger partial charge < -0.3 is 30.3 Å². The Hall–Kier alpha value is -4.12. The van der Waals surface area contributed by atoms with Gasteiger partial charge in [0.2, 0.25) is 0 Å². The Morgan fingerprint density at radius 3 is 1.22 bits per heavy atom. The first kappa shape index (κ1) is 41.1. The molecule has 1 aromatic carbocycles. The van der Waals surface area contributed by atoms with Gasteiger partial charge in [-0.3, -0.25) is 29.2 Å². The standard InChI is InChI=1S/C38H56N6O10/c1-33(2)19-37(20-34(3,4)41(33)9)29(49)43(31(51)39-37)15-23(45)17-53-27(47)25-13-11-12-14-26(25)28(48)54-18-24(46)16-44-30(50)38(40-32(44)52)21-35(5,6)42(10)36(7,8)22-38/h11-14,23-24,45-46H,15-22H2,1-10H3,(H,39,51)(H,40,52). The van der Waals surface area contributed by atoms with Crippen molar-refractivity contribution in [3.63, 3.8) is 0 Å². The zero-order valence-corrected chi connectivity index (χ0v) is 33.1. The van der Waals surface area contributed by atoms with Crippen LogP contribution < -0.4 is 10.6 Å². The Bertz CT molecular complexity index is 1560. The maximum Gasteiger partial charge on any atom is 0.339 e. The van der Waals surface area contributed by atoms with Gasteiger partial charge in [-0.1, -0.05) is 12.1 Å². The lowest BCUT2D eigenvalue weighted by Gasteiger charge is -2.56. The van der Waals surface area contributed by atoms with Crippen LogP contribution >= 0.6 is 0 Å². The Labute approximate surface area is 316 Å². The van der Waals surface area contributed by atoms with Gasteiger partial charge in [-0.25, -0.2) is 19.2 Å². The van der Waals surface area contributed by atoms with E-state index >= 15 is 0 Å². The SMILES string of the molecule is CN1C(C)(C)CC2(CC1(C)C)NC(=O)N(CC(O)COC(=O)c1ccccc1C(=O)OCC(O)CN1C(=O)NC3(CC(C)(C)N(C)C(C)(C)C3)C1=O)C2=O. The van der Waals surface area contributed by atoms with Crippen LogP contribution in [0.15, 0.2) is 24.3 Å². The highest BCUT2D eigenvalue weighted by atomic mass is 16.5. The topological polar surface area (TPSA) is 198 Å². The molecule has 0 aliphatic carbocycles. The van der Waals surface area contributed by atoms with Crippen LogP contribution in [0.3, 0.4) is 0 Å². The smallest absolute Gasteiger partial charge is 0.339 e. The predicted octanol–water partition coefficient (Wildman–Crippen LogP) is 1.87. The molecule has 298 valence electrons.